The molecular formula is C12H17NO3. The molecule has 0 spiro atoms. The second-order valence-electron chi connectivity index (χ2n) is 4.40. The fourth-order valence-corrected chi connectivity index (χ4v) is 2.23. The Morgan fingerprint density at radius 1 is 1.62 bits per heavy atom. The zero-order valence-corrected chi connectivity index (χ0v) is 9.64. The van der Waals surface area contributed by atoms with Crippen LogP contribution in [-0.4, -0.2) is 30.1 Å². The van der Waals surface area contributed by atoms with E-state index in [2.05, 4.69) is 6.92 Å². The lowest BCUT2D eigenvalue weighted by atomic mass is 10.0. The van der Waals surface area contributed by atoms with Gasteiger partial charge in [0, 0.05) is 19.5 Å². The predicted octanol–water partition coefficient (Wildman–Crippen LogP) is 1.69. The molecule has 0 aliphatic carbocycles. The molecule has 4 heteroatoms. The van der Waals surface area contributed by atoms with Crippen LogP contribution in [0.2, 0.25) is 0 Å². The molecule has 0 bridgehead atoms. The number of aliphatic hydroxyl groups excluding tert-OH is 1. The maximum atomic E-state index is 11.1. The van der Waals surface area contributed by atoms with Crippen molar-refractivity contribution in [2.24, 2.45) is 5.92 Å². The smallest absolute Gasteiger partial charge is 0.196 e. The maximum Gasteiger partial charge on any atom is 0.196 e. The molecule has 16 heavy (non-hydrogen) atoms. The van der Waals surface area contributed by atoms with Crippen molar-refractivity contribution in [1.29, 1.82) is 0 Å². The largest absolute Gasteiger partial charge is 0.437 e. The molecule has 1 saturated heterocycles. The van der Waals surface area contributed by atoms with E-state index in [0.717, 1.165) is 13.0 Å². The van der Waals surface area contributed by atoms with Crippen LogP contribution in [0.3, 0.4) is 0 Å². The molecule has 1 N–H and O–H groups in total. The molecule has 1 fully saturated rings. The van der Waals surface area contributed by atoms with Crippen molar-refractivity contribution in [3.05, 3.63) is 17.9 Å². The highest BCUT2D eigenvalue weighted by Gasteiger charge is 2.32. The minimum atomic E-state index is -0.0703. The summed E-state index contributed by atoms with van der Waals surface area (Å²) in [5, 5.41) is 9.33. The van der Waals surface area contributed by atoms with Gasteiger partial charge < -0.3 is 14.4 Å². The van der Waals surface area contributed by atoms with Gasteiger partial charge in [-0.1, -0.05) is 6.92 Å². The van der Waals surface area contributed by atoms with E-state index in [1.807, 2.05) is 4.90 Å². The minimum absolute atomic E-state index is 0.0703. The van der Waals surface area contributed by atoms with Crippen LogP contribution in [0.15, 0.2) is 16.5 Å². The molecule has 0 saturated carbocycles. The fourth-order valence-electron chi connectivity index (χ4n) is 2.23. The number of carbonyl (C=O) groups is 1. The van der Waals surface area contributed by atoms with E-state index in [1.54, 1.807) is 12.1 Å². The lowest BCUT2D eigenvalue weighted by Crippen LogP contribution is -2.34. The summed E-state index contributed by atoms with van der Waals surface area (Å²) in [4.78, 5) is 13.2. The number of hydrogen-bond acceptors (Lipinski definition) is 4. The molecule has 2 atom stereocenters. The summed E-state index contributed by atoms with van der Waals surface area (Å²) >= 11 is 0. The van der Waals surface area contributed by atoms with Crippen LogP contribution >= 0.6 is 0 Å². The molecule has 0 radical (unpaired) electrons. The van der Waals surface area contributed by atoms with E-state index < -0.39 is 0 Å². The van der Waals surface area contributed by atoms with Crippen molar-refractivity contribution >= 4 is 11.7 Å². The van der Waals surface area contributed by atoms with Crippen LogP contribution < -0.4 is 4.90 Å². The van der Waals surface area contributed by atoms with Crippen molar-refractivity contribution in [2.75, 3.05) is 18.1 Å². The summed E-state index contributed by atoms with van der Waals surface area (Å²) in [6.45, 7) is 4.60. The van der Waals surface area contributed by atoms with Gasteiger partial charge in [-0.15, -0.1) is 0 Å². The molecule has 0 aromatic carbocycles. The van der Waals surface area contributed by atoms with Gasteiger partial charge in [-0.25, -0.2) is 0 Å². The lowest BCUT2D eigenvalue weighted by Gasteiger charge is -2.24. The standard InChI is InChI=1S/C12H17NO3/c1-8-5-6-13(10(8)7-14)12-4-3-11(16-12)9(2)15/h3-4,8,10,14H,5-7H2,1-2H3. The lowest BCUT2D eigenvalue weighted by molar-refractivity contribution is 0.0987. The number of carbonyl (C=O) groups excluding carboxylic acids is 1. The SMILES string of the molecule is CC(=O)c1ccc(N2CCC(C)C2CO)o1. The number of anilines is 1. The summed E-state index contributed by atoms with van der Waals surface area (Å²) in [7, 11) is 0. The third-order valence-corrected chi connectivity index (χ3v) is 3.29. The molecular weight excluding hydrogens is 206 g/mol. The second kappa shape index (κ2) is 4.29. The fraction of sp³-hybridized carbons (Fsp3) is 0.583. The van der Waals surface area contributed by atoms with E-state index in [-0.39, 0.29) is 18.4 Å². The highest BCUT2D eigenvalue weighted by atomic mass is 16.4. The highest BCUT2D eigenvalue weighted by molar-refractivity contribution is 5.91. The van der Waals surface area contributed by atoms with E-state index in [1.165, 1.54) is 6.92 Å². The second-order valence-corrected chi connectivity index (χ2v) is 4.40. The molecule has 88 valence electrons. The Bertz CT molecular complexity index is 385. The third kappa shape index (κ3) is 1.85. The monoisotopic (exact) mass is 223 g/mol. The van der Waals surface area contributed by atoms with Gasteiger partial charge in [0.15, 0.2) is 17.4 Å². The van der Waals surface area contributed by atoms with E-state index in [4.69, 9.17) is 4.42 Å². The molecule has 2 heterocycles. The molecule has 1 aromatic heterocycles. The Kier molecular flexibility index (Phi) is 3.01. The van der Waals surface area contributed by atoms with Crippen LogP contribution in [0.5, 0.6) is 0 Å². The molecule has 0 amide bonds. The van der Waals surface area contributed by atoms with Crippen LogP contribution in [0.25, 0.3) is 0 Å². The van der Waals surface area contributed by atoms with Crippen molar-refractivity contribution in [3.63, 3.8) is 0 Å². The maximum absolute atomic E-state index is 11.1. The van der Waals surface area contributed by atoms with Gasteiger partial charge in [0.25, 0.3) is 0 Å². The molecule has 1 aromatic rings. The Balaban J connectivity index is 2.20. The van der Waals surface area contributed by atoms with Gasteiger partial charge in [-0.2, -0.15) is 0 Å². The van der Waals surface area contributed by atoms with E-state index >= 15 is 0 Å². The van der Waals surface area contributed by atoms with Crippen molar-refractivity contribution < 1.29 is 14.3 Å². The van der Waals surface area contributed by atoms with E-state index in [9.17, 15) is 9.90 Å². The van der Waals surface area contributed by atoms with Gasteiger partial charge in [0.05, 0.1) is 12.6 Å². The Hall–Kier alpha value is -1.29. The van der Waals surface area contributed by atoms with Crippen molar-refractivity contribution in [3.8, 4) is 0 Å². The molecule has 2 unspecified atom stereocenters. The average molecular weight is 223 g/mol. The van der Waals surface area contributed by atoms with Gasteiger partial charge in [0.2, 0.25) is 0 Å². The zero-order chi connectivity index (χ0) is 11.7. The van der Waals surface area contributed by atoms with E-state index in [0.29, 0.717) is 17.6 Å². The van der Waals surface area contributed by atoms with Gasteiger partial charge in [0.1, 0.15) is 0 Å². The van der Waals surface area contributed by atoms with Crippen molar-refractivity contribution in [2.45, 2.75) is 26.3 Å². The summed E-state index contributed by atoms with van der Waals surface area (Å²) in [6, 6.07) is 3.60. The van der Waals surface area contributed by atoms with Gasteiger partial charge in [-0.3, -0.25) is 4.79 Å². The minimum Gasteiger partial charge on any atom is -0.437 e. The van der Waals surface area contributed by atoms with Crippen LogP contribution in [0, 0.1) is 5.92 Å². The Labute approximate surface area is 94.9 Å². The molecule has 4 nitrogen and oxygen atoms in total. The Morgan fingerprint density at radius 3 is 2.94 bits per heavy atom. The number of Topliss-reactive ketones (excluding diaryl/α,β-unsaturated/α-hetero) is 1. The summed E-state index contributed by atoms with van der Waals surface area (Å²) in [5.74, 6) is 1.45. The third-order valence-electron chi connectivity index (χ3n) is 3.29. The highest BCUT2D eigenvalue weighted by Crippen LogP contribution is 2.30. The number of rotatable bonds is 3. The predicted molar refractivity (Wildman–Crippen MR) is 60.7 cm³/mol. The first kappa shape index (κ1) is 11.2. The number of aliphatic hydroxyl groups is 1. The average Bonchev–Trinajstić information content (AvgIpc) is 2.83. The number of furan rings is 1. The first-order valence-corrected chi connectivity index (χ1v) is 5.61. The summed E-state index contributed by atoms with van der Waals surface area (Å²) < 4.78 is 5.47. The first-order valence-electron chi connectivity index (χ1n) is 5.61. The van der Waals surface area contributed by atoms with Crippen LogP contribution in [-0.2, 0) is 0 Å². The molecule has 1 aliphatic heterocycles. The van der Waals surface area contributed by atoms with Gasteiger partial charge in [-0.05, 0) is 18.4 Å². The quantitative estimate of drug-likeness (QED) is 0.792. The Morgan fingerprint density at radius 2 is 2.38 bits per heavy atom. The first-order chi connectivity index (χ1) is 7.63. The summed E-state index contributed by atoms with van der Waals surface area (Å²) in [5.41, 5.74) is 0. The number of ketones is 1. The topological polar surface area (TPSA) is 53.7 Å². The number of nitrogens with zero attached hydrogens (tertiary/aromatic N) is 1. The zero-order valence-electron chi connectivity index (χ0n) is 9.64. The normalized spacial score (nSPS) is 25.1. The molecule has 1 aliphatic rings. The summed E-state index contributed by atoms with van der Waals surface area (Å²) in [6.07, 6.45) is 1.04. The van der Waals surface area contributed by atoms with Gasteiger partial charge >= 0.3 is 0 Å². The van der Waals surface area contributed by atoms with Crippen LogP contribution in [0.4, 0.5) is 5.88 Å². The number of hydrogen-bond donors (Lipinski definition) is 1. The van der Waals surface area contributed by atoms with Crippen LogP contribution in [0.1, 0.15) is 30.8 Å². The molecule has 2 rings (SSSR count). The van der Waals surface area contributed by atoms with Crippen molar-refractivity contribution in [1.82, 2.24) is 0 Å².